The molecule has 84 valence electrons. The lowest BCUT2D eigenvalue weighted by Gasteiger charge is -1.93. The third-order valence-electron chi connectivity index (χ3n) is 1.80. The Bertz CT molecular complexity index is 290. The van der Waals surface area contributed by atoms with Gasteiger partial charge < -0.3 is 4.57 Å². The van der Waals surface area contributed by atoms with Crippen LogP contribution in [0, 0.1) is 0 Å². The Morgan fingerprint density at radius 3 is 2.40 bits per heavy atom. The summed E-state index contributed by atoms with van der Waals surface area (Å²) in [5.74, 6) is 0.998. The van der Waals surface area contributed by atoms with E-state index in [9.17, 15) is 0 Å². The monoisotopic (exact) mass is 206 g/mol. The number of imidazole rings is 1. The predicted molar refractivity (Wildman–Crippen MR) is 68.7 cm³/mol. The molecule has 0 aliphatic heterocycles. The molecule has 1 rings (SSSR count). The van der Waals surface area contributed by atoms with Crippen LogP contribution in [0.15, 0.2) is 18.3 Å². The summed E-state index contributed by atoms with van der Waals surface area (Å²) < 4.78 is 2.04. The fourth-order valence-corrected chi connectivity index (χ4v) is 1.18. The highest BCUT2D eigenvalue weighted by molar-refractivity contribution is 5.45. The maximum Gasteiger partial charge on any atom is 0.136 e. The summed E-state index contributed by atoms with van der Waals surface area (Å²) in [5, 5.41) is 0. The summed E-state index contributed by atoms with van der Waals surface area (Å²) in [4.78, 5) is 4.46. The Morgan fingerprint density at radius 2 is 1.93 bits per heavy atom. The number of aryl methyl sites for hydroxylation is 1. The summed E-state index contributed by atoms with van der Waals surface area (Å²) in [5.41, 5.74) is 1.13. The van der Waals surface area contributed by atoms with E-state index in [1.165, 1.54) is 0 Å². The van der Waals surface area contributed by atoms with Gasteiger partial charge in [-0.15, -0.1) is 0 Å². The third kappa shape index (κ3) is 4.15. The lowest BCUT2D eigenvalue weighted by atomic mass is 10.4. The quantitative estimate of drug-likeness (QED) is 0.731. The van der Waals surface area contributed by atoms with Crippen molar-refractivity contribution in [1.82, 2.24) is 9.55 Å². The van der Waals surface area contributed by atoms with Crippen molar-refractivity contribution in [2.75, 3.05) is 0 Å². The zero-order valence-corrected chi connectivity index (χ0v) is 10.5. The van der Waals surface area contributed by atoms with E-state index in [-0.39, 0.29) is 0 Å². The van der Waals surface area contributed by atoms with E-state index >= 15 is 0 Å². The van der Waals surface area contributed by atoms with Crippen molar-refractivity contribution in [1.29, 1.82) is 0 Å². The summed E-state index contributed by atoms with van der Waals surface area (Å²) in [6.07, 6.45) is 11.1. The maximum atomic E-state index is 4.46. The molecule has 0 saturated carbocycles. The van der Waals surface area contributed by atoms with Gasteiger partial charge in [0.05, 0.1) is 5.69 Å². The standard InChI is InChI=1S/C11H16N2.C2H6/c1-4-7-11-12-10(6-3)9-13(11)8-5-2;1-2/h4-5,7-9H,6H2,1-3H3;1-2H3/b7-4-,8-5-;. The van der Waals surface area contributed by atoms with Crippen LogP contribution in [0.3, 0.4) is 0 Å². The summed E-state index contributed by atoms with van der Waals surface area (Å²) in [6, 6.07) is 0. The molecule has 0 aliphatic rings. The Kier molecular flexibility index (Phi) is 7.33. The van der Waals surface area contributed by atoms with Gasteiger partial charge in [-0.2, -0.15) is 0 Å². The lowest BCUT2D eigenvalue weighted by molar-refractivity contribution is 1.06. The molecule has 0 aromatic carbocycles. The van der Waals surface area contributed by atoms with Crippen LogP contribution in [0.4, 0.5) is 0 Å². The Labute approximate surface area is 93.3 Å². The molecule has 0 fully saturated rings. The molecule has 2 heteroatoms. The van der Waals surface area contributed by atoms with Crippen molar-refractivity contribution in [3.63, 3.8) is 0 Å². The van der Waals surface area contributed by atoms with Gasteiger partial charge in [0.25, 0.3) is 0 Å². The molecule has 1 aromatic rings. The van der Waals surface area contributed by atoms with Crippen LogP contribution in [0.25, 0.3) is 12.3 Å². The van der Waals surface area contributed by atoms with Gasteiger partial charge in [0, 0.05) is 12.4 Å². The van der Waals surface area contributed by atoms with Crippen molar-refractivity contribution in [3.05, 3.63) is 29.9 Å². The van der Waals surface area contributed by atoms with Crippen LogP contribution < -0.4 is 0 Å². The van der Waals surface area contributed by atoms with Crippen LogP contribution in [0.5, 0.6) is 0 Å². The molecule has 0 bridgehead atoms. The van der Waals surface area contributed by atoms with E-state index < -0.39 is 0 Å². The van der Waals surface area contributed by atoms with Crippen LogP contribution in [0.2, 0.25) is 0 Å². The molecule has 1 heterocycles. The van der Waals surface area contributed by atoms with Crippen molar-refractivity contribution in [2.45, 2.75) is 41.0 Å². The number of allylic oxidation sites excluding steroid dienone is 2. The highest BCUT2D eigenvalue weighted by atomic mass is 15.0. The highest BCUT2D eigenvalue weighted by Crippen LogP contribution is 2.06. The molecular weight excluding hydrogens is 184 g/mol. The zero-order valence-electron chi connectivity index (χ0n) is 10.5. The van der Waals surface area contributed by atoms with Crippen molar-refractivity contribution in [3.8, 4) is 0 Å². The van der Waals surface area contributed by atoms with E-state index in [0.717, 1.165) is 17.9 Å². The molecule has 0 aliphatic carbocycles. The van der Waals surface area contributed by atoms with E-state index in [4.69, 9.17) is 0 Å². The van der Waals surface area contributed by atoms with Crippen LogP contribution in [-0.2, 0) is 6.42 Å². The van der Waals surface area contributed by atoms with Gasteiger partial charge in [-0.3, -0.25) is 0 Å². The number of nitrogens with zero attached hydrogens (tertiary/aromatic N) is 2. The Balaban J connectivity index is 0.000000921. The first-order valence-corrected chi connectivity index (χ1v) is 5.65. The first-order chi connectivity index (χ1) is 7.31. The van der Waals surface area contributed by atoms with Gasteiger partial charge in [-0.25, -0.2) is 4.98 Å². The van der Waals surface area contributed by atoms with Crippen molar-refractivity contribution >= 4 is 12.3 Å². The first-order valence-electron chi connectivity index (χ1n) is 5.65. The second-order valence-corrected chi connectivity index (χ2v) is 2.83. The largest absolute Gasteiger partial charge is 0.307 e. The van der Waals surface area contributed by atoms with Gasteiger partial charge in [-0.05, 0) is 26.3 Å². The molecule has 0 atom stereocenters. The smallest absolute Gasteiger partial charge is 0.136 e. The Hall–Kier alpha value is -1.31. The van der Waals surface area contributed by atoms with E-state index in [0.29, 0.717) is 0 Å². The summed E-state index contributed by atoms with van der Waals surface area (Å²) >= 11 is 0. The topological polar surface area (TPSA) is 17.8 Å². The van der Waals surface area contributed by atoms with Gasteiger partial charge in [-0.1, -0.05) is 32.9 Å². The Morgan fingerprint density at radius 1 is 1.27 bits per heavy atom. The summed E-state index contributed by atoms with van der Waals surface area (Å²) in [7, 11) is 0. The van der Waals surface area contributed by atoms with Gasteiger partial charge in [0.1, 0.15) is 5.82 Å². The van der Waals surface area contributed by atoms with E-state index in [1.54, 1.807) is 0 Å². The molecule has 0 saturated heterocycles. The first kappa shape index (κ1) is 13.7. The molecule has 15 heavy (non-hydrogen) atoms. The minimum absolute atomic E-state index is 0.981. The van der Waals surface area contributed by atoms with Crippen molar-refractivity contribution in [2.24, 2.45) is 0 Å². The van der Waals surface area contributed by atoms with E-state index in [1.807, 2.05) is 56.7 Å². The highest BCUT2D eigenvalue weighted by Gasteiger charge is 2.00. The molecular formula is C13H22N2. The maximum absolute atomic E-state index is 4.46. The van der Waals surface area contributed by atoms with Gasteiger partial charge >= 0.3 is 0 Å². The number of hydrogen-bond donors (Lipinski definition) is 0. The van der Waals surface area contributed by atoms with Crippen molar-refractivity contribution < 1.29 is 0 Å². The van der Waals surface area contributed by atoms with Crippen LogP contribution >= 0.6 is 0 Å². The number of rotatable bonds is 3. The fraction of sp³-hybridized carbons (Fsp3) is 0.462. The minimum Gasteiger partial charge on any atom is -0.307 e. The molecule has 0 N–H and O–H groups in total. The zero-order chi connectivity index (χ0) is 11.7. The van der Waals surface area contributed by atoms with E-state index in [2.05, 4.69) is 18.1 Å². The predicted octanol–water partition coefficient (Wildman–Crippen LogP) is 4.00. The number of aromatic nitrogens is 2. The fourth-order valence-electron chi connectivity index (χ4n) is 1.18. The molecule has 0 spiro atoms. The number of hydrogen-bond acceptors (Lipinski definition) is 1. The second-order valence-electron chi connectivity index (χ2n) is 2.83. The summed E-state index contributed by atoms with van der Waals surface area (Å²) in [6.45, 7) is 10.1. The average Bonchev–Trinajstić information content (AvgIpc) is 2.65. The van der Waals surface area contributed by atoms with Gasteiger partial charge in [0.2, 0.25) is 0 Å². The third-order valence-corrected chi connectivity index (χ3v) is 1.80. The molecule has 1 aromatic heterocycles. The minimum atomic E-state index is 0.981. The normalized spacial score (nSPS) is 10.7. The molecule has 0 radical (unpaired) electrons. The molecule has 0 amide bonds. The second kappa shape index (κ2) is 8.04. The van der Waals surface area contributed by atoms with Gasteiger partial charge in [0.15, 0.2) is 0 Å². The lowest BCUT2D eigenvalue weighted by Crippen LogP contribution is -1.87. The molecule has 2 nitrogen and oxygen atoms in total. The SMILES string of the molecule is C/C=C\c1nc(CC)cn1/C=C\C.CC. The van der Waals surface area contributed by atoms with Crippen LogP contribution in [-0.4, -0.2) is 9.55 Å². The van der Waals surface area contributed by atoms with Crippen LogP contribution in [0.1, 0.15) is 46.1 Å². The molecule has 0 unspecified atom stereocenters. The average molecular weight is 206 g/mol.